The average Bonchev–Trinajstić information content (AvgIpc) is 1.84. The third-order valence-corrected chi connectivity index (χ3v) is 1.71. The van der Waals surface area contributed by atoms with Crippen molar-refractivity contribution in [2.24, 2.45) is 0 Å². The van der Waals surface area contributed by atoms with Crippen molar-refractivity contribution in [3.8, 4) is 0 Å². The van der Waals surface area contributed by atoms with Gasteiger partial charge in [0.1, 0.15) is 0 Å². The second-order valence-electron chi connectivity index (χ2n) is 2.23. The van der Waals surface area contributed by atoms with Gasteiger partial charge in [0, 0.05) is 5.69 Å². The fourth-order valence-electron chi connectivity index (χ4n) is 0.719. The number of anilines is 2. The molecule has 0 bridgehead atoms. The van der Waals surface area contributed by atoms with Gasteiger partial charge in [-0.05, 0) is 24.6 Å². The molecule has 1 rings (SSSR count). The van der Waals surface area contributed by atoms with Crippen molar-refractivity contribution in [1.82, 2.24) is 0 Å². The Kier molecular flexibility index (Phi) is 1.72. The van der Waals surface area contributed by atoms with Crippen LogP contribution >= 0.6 is 11.6 Å². The van der Waals surface area contributed by atoms with Crippen LogP contribution in [-0.2, 0) is 0 Å². The lowest BCUT2D eigenvalue weighted by molar-refractivity contribution is 1.47. The molecule has 0 aliphatic rings. The molecule has 0 aliphatic heterocycles. The Morgan fingerprint density at radius 1 is 1.20 bits per heavy atom. The van der Waals surface area contributed by atoms with Crippen LogP contribution in [0.15, 0.2) is 12.1 Å². The van der Waals surface area contributed by atoms with E-state index in [0.29, 0.717) is 16.4 Å². The number of halogens is 1. The van der Waals surface area contributed by atoms with E-state index in [9.17, 15) is 0 Å². The minimum atomic E-state index is 0.517. The number of nitrogen functional groups attached to an aromatic ring is 2. The Balaban J connectivity index is 3.28. The highest BCUT2D eigenvalue weighted by molar-refractivity contribution is 6.33. The van der Waals surface area contributed by atoms with Gasteiger partial charge >= 0.3 is 0 Å². The molecule has 0 atom stereocenters. The largest absolute Gasteiger partial charge is 0.398 e. The monoisotopic (exact) mass is 156 g/mol. The van der Waals surface area contributed by atoms with Crippen molar-refractivity contribution < 1.29 is 0 Å². The van der Waals surface area contributed by atoms with Crippen LogP contribution < -0.4 is 11.5 Å². The van der Waals surface area contributed by atoms with E-state index in [2.05, 4.69) is 0 Å². The Labute approximate surface area is 64.8 Å². The summed E-state index contributed by atoms with van der Waals surface area (Å²) < 4.78 is 0. The summed E-state index contributed by atoms with van der Waals surface area (Å²) in [4.78, 5) is 0. The lowest BCUT2D eigenvalue weighted by Gasteiger charge is -2.02. The van der Waals surface area contributed by atoms with Crippen LogP contribution in [0.5, 0.6) is 0 Å². The summed E-state index contributed by atoms with van der Waals surface area (Å²) >= 11 is 5.68. The van der Waals surface area contributed by atoms with Crippen molar-refractivity contribution in [2.75, 3.05) is 11.5 Å². The molecule has 0 radical (unpaired) electrons. The van der Waals surface area contributed by atoms with E-state index in [-0.39, 0.29) is 0 Å². The van der Waals surface area contributed by atoms with E-state index >= 15 is 0 Å². The zero-order valence-corrected chi connectivity index (χ0v) is 6.44. The molecule has 54 valence electrons. The summed E-state index contributed by atoms with van der Waals surface area (Å²) in [6.07, 6.45) is 0. The molecular weight excluding hydrogens is 148 g/mol. The van der Waals surface area contributed by atoms with E-state index < -0.39 is 0 Å². The Bertz CT molecular complexity index is 208. The summed E-state index contributed by atoms with van der Waals surface area (Å²) in [5, 5.41) is 0.517. The quantitative estimate of drug-likeness (QED) is 0.563. The highest BCUT2D eigenvalue weighted by Gasteiger charge is 1.98. The van der Waals surface area contributed by atoms with Crippen molar-refractivity contribution in [3.63, 3.8) is 0 Å². The maximum atomic E-state index is 5.68. The molecule has 1 aromatic rings. The van der Waals surface area contributed by atoms with Crippen LogP contribution in [0.3, 0.4) is 0 Å². The molecule has 0 saturated carbocycles. The molecule has 1 aromatic carbocycles. The molecule has 2 nitrogen and oxygen atoms in total. The lowest BCUT2D eigenvalue weighted by Crippen LogP contribution is -1.93. The highest BCUT2D eigenvalue weighted by Crippen LogP contribution is 2.24. The maximum absolute atomic E-state index is 5.68. The summed E-state index contributed by atoms with van der Waals surface area (Å²) in [7, 11) is 0. The van der Waals surface area contributed by atoms with Crippen molar-refractivity contribution in [2.45, 2.75) is 6.92 Å². The van der Waals surface area contributed by atoms with Crippen LogP contribution in [0.2, 0.25) is 5.02 Å². The minimum absolute atomic E-state index is 0.517. The van der Waals surface area contributed by atoms with Crippen LogP contribution in [0.1, 0.15) is 5.56 Å². The number of nitrogens with two attached hydrogens (primary N) is 2. The minimum Gasteiger partial charge on any atom is -0.398 e. The lowest BCUT2D eigenvalue weighted by atomic mass is 10.2. The Hall–Kier alpha value is -0.890. The van der Waals surface area contributed by atoms with Crippen LogP contribution in [0.4, 0.5) is 11.4 Å². The normalized spacial score (nSPS) is 9.80. The zero-order valence-electron chi connectivity index (χ0n) is 5.69. The maximum Gasteiger partial charge on any atom is 0.0656 e. The van der Waals surface area contributed by atoms with Gasteiger partial charge in [-0.3, -0.25) is 0 Å². The summed E-state index contributed by atoms with van der Waals surface area (Å²) in [5.74, 6) is 0. The molecule has 0 aromatic heterocycles. The number of hydrogen-bond donors (Lipinski definition) is 2. The number of rotatable bonds is 0. The summed E-state index contributed by atoms with van der Waals surface area (Å²) in [6, 6.07) is 3.42. The van der Waals surface area contributed by atoms with Gasteiger partial charge in [-0.15, -0.1) is 0 Å². The van der Waals surface area contributed by atoms with Gasteiger partial charge < -0.3 is 11.5 Å². The predicted octanol–water partition coefficient (Wildman–Crippen LogP) is 1.81. The third kappa shape index (κ3) is 1.16. The van der Waals surface area contributed by atoms with Gasteiger partial charge in [0.15, 0.2) is 0 Å². The molecule has 10 heavy (non-hydrogen) atoms. The van der Waals surface area contributed by atoms with Crippen molar-refractivity contribution in [3.05, 3.63) is 22.7 Å². The first kappa shape index (κ1) is 7.22. The van der Waals surface area contributed by atoms with E-state index in [4.69, 9.17) is 23.1 Å². The topological polar surface area (TPSA) is 52.0 Å². The second-order valence-corrected chi connectivity index (χ2v) is 2.64. The SMILES string of the molecule is Cc1cc(N)c(Cl)cc1N. The van der Waals surface area contributed by atoms with Crippen molar-refractivity contribution >= 4 is 23.0 Å². The third-order valence-electron chi connectivity index (χ3n) is 1.39. The Morgan fingerprint density at radius 3 is 2.30 bits per heavy atom. The predicted molar refractivity (Wildman–Crippen MR) is 45.0 cm³/mol. The molecule has 4 N–H and O–H groups in total. The first-order chi connectivity index (χ1) is 4.61. The molecule has 3 heteroatoms. The zero-order chi connectivity index (χ0) is 7.72. The molecule has 0 unspecified atom stereocenters. The molecule has 0 amide bonds. The molecule has 0 saturated heterocycles. The standard InChI is InChI=1S/C7H9ClN2/c1-4-2-7(10)5(8)3-6(4)9/h2-3H,9-10H2,1H3. The fourth-order valence-corrected chi connectivity index (χ4v) is 0.891. The van der Waals surface area contributed by atoms with Gasteiger partial charge in [-0.1, -0.05) is 11.6 Å². The van der Waals surface area contributed by atoms with Gasteiger partial charge in [-0.25, -0.2) is 0 Å². The number of benzene rings is 1. The first-order valence-corrected chi connectivity index (χ1v) is 3.30. The molecule has 0 fully saturated rings. The molecular formula is C7H9ClN2. The van der Waals surface area contributed by atoms with E-state index in [1.807, 2.05) is 6.92 Å². The van der Waals surface area contributed by atoms with E-state index in [1.165, 1.54) is 0 Å². The average molecular weight is 157 g/mol. The molecule has 0 heterocycles. The van der Waals surface area contributed by atoms with Gasteiger partial charge in [0.2, 0.25) is 0 Å². The summed E-state index contributed by atoms with van der Waals surface area (Å²) in [6.45, 7) is 1.89. The smallest absolute Gasteiger partial charge is 0.0656 e. The Morgan fingerprint density at radius 2 is 1.80 bits per heavy atom. The molecule has 0 spiro atoms. The number of hydrogen-bond acceptors (Lipinski definition) is 2. The number of aryl methyl sites for hydroxylation is 1. The van der Waals surface area contributed by atoms with E-state index in [1.54, 1.807) is 12.1 Å². The fraction of sp³-hybridized carbons (Fsp3) is 0.143. The van der Waals surface area contributed by atoms with Crippen LogP contribution in [-0.4, -0.2) is 0 Å². The summed E-state index contributed by atoms with van der Waals surface area (Å²) in [5.41, 5.74) is 13.3. The van der Waals surface area contributed by atoms with Crippen LogP contribution in [0, 0.1) is 6.92 Å². The second kappa shape index (κ2) is 2.39. The van der Waals surface area contributed by atoms with Crippen molar-refractivity contribution in [1.29, 1.82) is 0 Å². The highest BCUT2D eigenvalue weighted by atomic mass is 35.5. The molecule has 0 aliphatic carbocycles. The first-order valence-electron chi connectivity index (χ1n) is 2.92. The van der Waals surface area contributed by atoms with Gasteiger partial charge in [0.05, 0.1) is 10.7 Å². The van der Waals surface area contributed by atoms with E-state index in [0.717, 1.165) is 5.56 Å². The van der Waals surface area contributed by atoms with Crippen LogP contribution in [0.25, 0.3) is 0 Å². The van der Waals surface area contributed by atoms with Gasteiger partial charge in [0.25, 0.3) is 0 Å². The van der Waals surface area contributed by atoms with Gasteiger partial charge in [-0.2, -0.15) is 0 Å².